The molecule has 8 nitrogen and oxygen atoms in total. The summed E-state index contributed by atoms with van der Waals surface area (Å²) in [5.41, 5.74) is 5.64. The Labute approximate surface area is 277 Å². The van der Waals surface area contributed by atoms with Gasteiger partial charge in [0.25, 0.3) is 0 Å². The van der Waals surface area contributed by atoms with E-state index in [1.807, 2.05) is 43.3 Å². The molecule has 244 valence electrons. The Hall–Kier alpha value is -4.12. The van der Waals surface area contributed by atoms with E-state index in [1.165, 1.54) is 23.8 Å². The quantitative estimate of drug-likeness (QED) is 0.190. The maximum Gasteiger partial charge on any atom is 0.345 e. The number of likely N-dealkylation sites (N-methyl/N-ethyl adjacent to an activating group) is 1. The molecule has 0 spiro atoms. The minimum absolute atomic E-state index is 0.00883. The Balaban J connectivity index is 1.34. The third-order valence-corrected chi connectivity index (χ3v) is 10.6. The highest BCUT2D eigenvalue weighted by Crippen LogP contribution is 2.47. The molecule has 3 aromatic heterocycles. The van der Waals surface area contributed by atoms with Crippen LogP contribution < -0.4 is 0 Å². The van der Waals surface area contributed by atoms with Crippen molar-refractivity contribution in [2.45, 2.75) is 50.7 Å². The van der Waals surface area contributed by atoms with E-state index >= 15 is 0 Å². The van der Waals surface area contributed by atoms with Crippen LogP contribution in [0.3, 0.4) is 0 Å². The van der Waals surface area contributed by atoms with E-state index < -0.39 is 5.97 Å². The van der Waals surface area contributed by atoms with Crippen LogP contribution in [-0.4, -0.2) is 82.8 Å². The number of rotatable bonds is 8. The number of morpholine rings is 1. The molecule has 1 saturated heterocycles. The number of aromatic nitrogens is 2. The maximum absolute atomic E-state index is 14.6. The normalized spacial score (nSPS) is 17.6. The third-order valence-electron chi connectivity index (χ3n) is 9.46. The molecule has 1 atom stereocenters. The summed E-state index contributed by atoms with van der Waals surface area (Å²) in [6.45, 7) is 2.35. The second kappa shape index (κ2) is 13.2. The molecule has 1 N–H and O–H groups in total. The molecule has 0 bridgehead atoms. The van der Waals surface area contributed by atoms with E-state index in [9.17, 15) is 19.1 Å². The number of carbonyl (C=O) groups excluding carboxylic acids is 1. The zero-order valence-corrected chi connectivity index (χ0v) is 27.6. The lowest BCUT2D eigenvalue weighted by molar-refractivity contribution is -0.139. The maximum atomic E-state index is 14.6. The average molecular weight is 655 g/mol. The molecule has 47 heavy (non-hydrogen) atoms. The molecular weight excluding hydrogens is 615 g/mol. The fourth-order valence-electron chi connectivity index (χ4n) is 7.29. The summed E-state index contributed by atoms with van der Waals surface area (Å²) in [5.74, 6) is -1.01. The molecule has 2 aromatic carbocycles. The van der Waals surface area contributed by atoms with Crippen molar-refractivity contribution in [1.29, 1.82) is 0 Å². The number of pyridine rings is 1. The number of nitrogens with zero attached hydrogens (tertiary/aromatic N) is 4. The minimum atomic E-state index is -0.956. The van der Waals surface area contributed by atoms with Gasteiger partial charge in [0, 0.05) is 30.6 Å². The van der Waals surface area contributed by atoms with Crippen molar-refractivity contribution in [3.63, 3.8) is 0 Å². The molecule has 1 aliphatic carbocycles. The summed E-state index contributed by atoms with van der Waals surface area (Å²) in [4.78, 5) is 35.3. The Morgan fingerprint density at radius 3 is 2.64 bits per heavy atom. The summed E-state index contributed by atoms with van der Waals surface area (Å²) in [6, 6.07) is 18.3. The van der Waals surface area contributed by atoms with E-state index in [-0.39, 0.29) is 35.2 Å². The number of hydrogen-bond acceptors (Lipinski definition) is 6. The number of halogens is 1. The van der Waals surface area contributed by atoms with Gasteiger partial charge in [-0.25, -0.2) is 14.2 Å². The molecule has 2 fully saturated rings. The highest BCUT2D eigenvalue weighted by molar-refractivity contribution is 7.21. The van der Waals surface area contributed by atoms with Crippen LogP contribution in [0.1, 0.15) is 53.3 Å². The van der Waals surface area contributed by atoms with Gasteiger partial charge in [-0.2, -0.15) is 0 Å². The van der Waals surface area contributed by atoms with Gasteiger partial charge in [-0.05, 0) is 80.4 Å². The van der Waals surface area contributed by atoms with Crippen LogP contribution in [0.2, 0.25) is 0 Å². The molecule has 5 aromatic rings. The highest BCUT2D eigenvalue weighted by atomic mass is 32.1. The van der Waals surface area contributed by atoms with Gasteiger partial charge >= 0.3 is 5.97 Å². The lowest BCUT2D eigenvalue weighted by atomic mass is 9.83. The second-order valence-electron chi connectivity index (χ2n) is 13.0. The van der Waals surface area contributed by atoms with Gasteiger partial charge in [0.1, 0.15) is 17.2 Å². The van der Waals surface area contributed by atoms with Gasteiger partial charge in [-0.15, -0.1) is 11.3 Å². The first-order chi connectivity index (χ1) is 22.8. The lowest BCUT2D eigenvalue weighted by Gasteiger charge is -2.34. The van der Waals surface area contributed by atoms with Crippen LogP contribution in [0.4, 0.5) is 4.39 Å². The number of fused-ring (bicyclic) bond motifs is 2. The molecule has 1 saturated carbocycles. The summed E-state index contributed by atoms with van der Waals surface area (Å²) in [5, 5.41) is 10.9. The number of hydrogen-bond donors (Lipinski definition) is 1. The number of carboxylic acid groups (broad SMARTS) is 1. The summed E-state index contributed by atoms with van der Waals surface area (Å²) in [6.07, 6.45) is 5.42. The van der Waals surface area contributed by atoms with Crippen molar-refractivity contribution in [1.82, 2.24) is 19.4 Å². The molecule has 1 amide bonds. The van der Waals surface area contributed by atoms with Gasteiger partial charge in [-0.1, -0.05) is 43.5 Å². The molecule has 2 aliphatic rings. The molecule has 1 unspecified atom stereocenters. The summed E-state index contributed by atoms with van der Waals surface area (Å²) >= 11 is 1.31. The average Bonchev–Trinajstić information content (AvgIpc) is 3.63. The van der Waals surface area contributed by atoms with Crippen LogP contribution in [0.5, 0.6) is 0 Å². The molecule has 10 heteroatoms. The first-order valence-electron chi connectivity index (χ1n) is 16.4. The van der Waals surface area contributed by atoms with Gasteiger partial charge in [-0.3, -0.25) is 4.79 Å². The Morgan fingerprint density at radius 1 is 1.06 bits per heavy atom. The molecule has 0 radical (unpaired) electrons. The standard InChI is InChI=1S/C37H39FN4O4S/c1-40(2)20-26-21-41(16-17-46-26)33(43)22-42-31-19-32(37(44)45)47-36(31)34(23-8-4-3-5-9-23)35(42)25-13-14-29-24(18-25)12-15-30(39-29)27-10-6-7-11-28(27)38/h6-7,10-15,18-19,23,26H,3-5,8-9,16-17,20-22H2,1-2H3,(H,44,45). The van der Waals surface area contributed by atoms with Crippen LogP contribution >= 0.6 is 11.3 Å². The number of carbonyl (C=O) groups is 2. The van der Waals surface area contributed by atoms with Crippen molar-refractivity contribution in [2.24, 2.45) is 0 Å². The van der Waals surface area contributed by atoms with Gasteiger partial charge < -0.3 is 24.2 Å². The van der Waals surface area contributed by atoms with Crippen LogP contribution in [0, 0.1) is 5.82 Å². The topological polar surface area (TPSA) is 87.9 Å². The third kappa shape index (κ3) is 6.29. The monoisotopic (exact) mass is 654 g/mol. The molecule has 7 rings (SSSR count). The first kappa shape index (κ1) is 31.5. The zero-order chi connectivity index (χ0) is 32.7. The summed E-state index contributed by atoms with van der Waals surface area (Å²) in [7, 11) is 3.99. The minimum Gasteiger partial charge on any atom is -0.477 e. The second-order valence-corrected chi connectivity index (χ2v) is 14.0. The van der Waals surface area contributed by atoms with Crippen molar-refractivity contribution in [3.05, 3.63) is 76.9 Å². The number of carboxylic acids is 1. The highest BCUT2D eigenvalue weighted by Gasteiger charge is 2.31. The van der Waals surface area contributed by atoms with Crippen molar-refractivity contribution in [3.8, 4) is 22.5 Å². The largest absolute Gasteiger partial charge is 0.477 e. The van der Waals surface area contributed by atoms with Crippen LogP contribution in [-0.2, 0) is 16.1 Å². The predicted octanol–water partition coefficient (Wildman–Crippen LogP) is 7.26. The summed E-state index contributed by atoms with van der Waals surface area (Å²) < 4.78 is 23.5. The fourth-order valence-corrected chi connectivity index (χ4v) is 8.41. The number of ether oxygens (including phenoxy) is 1. The van der Waals surface area contributed by atoms with Crippen molar-refractivity contribution < 1.29 is 23.8 Å². The van der Waals surface area contributed by atoms with E-state index in [0.717, 1.165) is 70.2 Å². The number of thiophene rings is 1. The van der Waals surface area contributed by atoms with E-state index in [2.05, 4.69) is 15.5 Å². The van der Waals surface area contributed by atoms with E-state index in [1.54, 1.807) is 24.3 Å². The molecule has 4 heterocycles. The Kier molecular flexibility index (Phi) is 8.83. The van der Waals surface area contributed by atoms with Gasteiger partial charge in [0.2, 0.25) is 5.91 Å². The number of aromatic carboxylic acids is 1. The molecule has 1 aliphatic heterocycles. The number of benzene rings is 2. The number of amides is 1. The lowest BCUT2D eigenvalue weighted by Crippen LogP contribution is -2.49. The first-order valence-corrected chi connectivity index (χ1v) is 17.2. The van der Waals surface area contributed by atoms with Crippen molar-refractivity contribution in [2.75, 3.05) is 40.3 Å². The zero-order valence-electron chi connectivity index (χ0n) is 26.7. The molecular formula is C37H39FN4O4S. The van der Waals surface area contributed by atoms with E-state index in [0.29, 0.717) is 31.0 Å². The van der Waals surface area contributed by atoms with Gasteiger partial charge in [0.15, 0.2) is 0 Å². The fraction of sp³-hybridized carbons (Fsp3) is 0.378. The van der Waals surface area contributed by atoms with Crippen LogP contribution in [0.15, 0.2) is 60.7 Å². The van der Waals surface area contributed by atoms with E-state index in [4.69, 9.17) is 9.72 Å². The SMILES string of the molecule is CN(C)CC1CN(C(=O)Cn2c(-c3ccc4nc(-c5ccccc5F)ccc4c3)c(C3CCCCC3)c3sc(C(=O)O)cc32)CCO1. The van der Waals surface area contributed by atoms with Crippen LogP contribution in [0.25, 0.3) is 43.6 Å². The predicted molar refractivity (Wildman–Crippen MR) is 184 cm³/mol. The van der Waals surface area contributed by atoms with Crippen molar-refractivity contribution >= 4 is 44.3 Å². The smallest absolute Gasteiger partial charge is 0.345 e. The van der Waals surface area contributed by atoms with Gasteiger partial charge in [0.05, 0.1) is 39.8 Å². The Morgan fingerprint density at radius 2 is 1.87 bits per heavy atom. The Bertz CT molecular complexity index is 1960.